The zero-order chi connectivity index (χ0) is 15.4. The second-order valence-electron chi connectivity index (χ2n) is 5.46. The van der Waals surface area contributed by atoms with Crippen LogP contribution in [0.15, 0.2) is 0 Å². The molecule has 0 bridgehead atoms. The van der Waals surface area contributed by atoms with Crippen LogP contribution in [0.4, 0.5) is 0 Å². The van der Waals surface area contributed by atoms with Gasteiger partial charge in [0.1, 0.15) is 0 Å². The van der Waals surface area contributed by atoms with Crippen LogP contribution in [0.2, 0.25) is 0 Å². The lowest BCUT2D eigenvalue weighted by Gasteiger charge is -2.43. The molecule has 1 N–H and O–H groups in total. The molecule has 4 atom stereocenters. The average Bonchev–Trinajstić information content (AvgIpc) is 2.46. The van der Waals surface area contributed by atoms with Gasteiger partial charge in [0.2, 0.25) is 11.6 Å². The number of hydrogen-bond donors (Lipinski definition) is 1. The van der Waals surface area contributed by atoms with E-state index in [1.807, 2.05) is 0 Å². The summed E-state index contributed by atoms with van der Waals surface area (Å²) < 4.78 is 21.0. The van der Waals surface area contributed by atoms with E-state index in [9.17, 15) is 9.90 Å². The summed E-state index contributed by atoms with van der Waals surface area (Å²) in [6.07, 6.45) is 2.87. The third-order valence-corrected chi connectivity index (χ3v) is 4.18. The quantitative estimate of drug-likeness (QED) is 0.589. The summed E-state index contributed by atoms with van der Waals surface area (Å²) >= 11 is 0. The van der Waals surface area contributed by atoms with Gasteiger partial charge >= 0.3 is 5.97 Å². The molecule has 1 saturated carbocycles. The maximum absolute atomic E-state index is 11.6. The van der Waals surface area contributed by atoms with Gasteiger partial charge in [-0.1, -0.05) is 6.42 Å². The van der Waals surface area contributed by atoms with E-state index in [0.29, 0.717) is 6.42 Å². The maximum atomic E-state index is 11.6. The van der Waals surface area contributed by atoms with E-state index in [4.69, 9.17) is 18.9 Å². The summed E-state index contributed by atoms with van der Waals surface area (Å²) in [6.45, 7) is 3.11. The topological polar surface area (TPSA) is 74.2 Å². The largest absolute Gasteiger partial charge is 0.469 e. The molecule has 3 unspecified atom stereocenters. The lowest BCUT2D eigenvalue weighted by molar-refractivity contribution is -0.384. The Bertz CT molecular complexity index is 330. The Hall–Kier alpha value is -0.690. The molecule has 20 heavy (non-hydrogen) atoms. The fourth-order valence-electron chi connectivity index (χ4n) is 2.48. The van der Waals surface area contributed by atoms with Crippen LogP contribution in [0.3, 0.4) is 0 Å². The van der Waals surface area contributed by atoms with Crippen molar-refractivity contribution < 1.29 is 28.8 Å². The zero-order valence-corrected chi connectivity index (χ0v) is 13.0. The molecule has 6 heteroatoms. The number of hydrogen-bond acceptors (Lipinski definition) is 6. The Morgan fingerprint density at radius 1 is 1.15 bits per heavy atom. The minimum absolute atomic E-state index is 0.160. The van der Waals surface area contributed by atoms with Crippen molar-refractivity contribution in [2.75, 3.05) is 21.3 Å². The second-order valence-corrected chi connectivity index (χ2v) is 5.46. The SMILES string of the molecule is COC(=O)C1CCC[C@H](OC(C)(OC)C(C)(O)OC)C1. The molecule has 6 nitrogen and oxygen atoms in total. The third kappa shape index (κ3) is 3.69. The van der Waals surface area contributed by atoms with E-state index >= 15 is 0 Å². The first kappa shape index (κ1) is 17.4. The van der Waals surface area contributed by atoms with Crippen LogP contribution in [0.1, 0.15) is 39.5 Å². The van der Waals surface area contributed by atoms with Gasteiger partial charge in [-0.3, -0.25) is 4.79 Å². The summed E-state index contributed by atoms with van der Waals surface area (Å²) in [4.78, 5) is 11.6. The van der Waals surface area contributed by atoms with E-state index in [1.165, 1.54) is 28.3 Å². The molecule has 0 heterocycles. The van der Waals surface area contributed by atoms with Gasteiger partial charge in [-0.15, -0.1) is 0 Å². The predicted molar refractivity (Wildman–Crippen MR) is 71.9 cm³/mol. The van der Waals surface area contributed by atoms with Gasteiger partial charge < -0.3 is 24.1 Å². The first-order chi connectivity index (χ1) is 9.29. The molecule has 0 aliphatic heterocycles. The fourth-order valence-corrected chi connectivity index (χ4v) is 2.48. The number of methoxy groups -OCH3 is 3. The Labute approximate surface area is 120 Å². The van der Waals surface area contributed by atoms with E-state index in [-0.39, 0.29) is 18.0 Å². The molecule has 1 rings (SSSR count). The smallest absolute Gasteiger partial charge is 0.308 e. The number of ether oxygens (including phenoxy) is 4. The van der Waals surface area contributed by atoms with Gasteiger partial charge in [0, 0.05) is 14.2 Å². The van der Waals surface area contributed by atoms with Crippen molar-refractivity contribution in [3.8, 4) is 0 Å². The highest BCUT2D eigenvalue weighted by Crippen LogP contribution is 2.35. The Morgan fingerprint density at radius 2 is 1.80 bits per heavy atom. The second kappa shape index (κ2) is 6.85. The summed E-state index contributed by atoms with van der Waals surface area (Å²) in [5, 5.41) is 10.2. The highest BCUT2D eigenvalue weighted by molar-refractivity contribution is 5.72. The van der Waals surface area contributed by atoms with Gasteiger partial charge in [-0.2, -0.15) is 0 Å². The number of esters is 1. The molecular formula is C14H26O6. The Balaban J connectivity index is 2.73. The van der Waals surface area contributed by atoms with Gasteiger partial charge in [0.25, 0.3) is 0 Å². The lowest BCUT2D eigenvalue weighted by Crippen LogP contribution is -2.56. The monoisotopic (exact) mass is 290 g/mol. The normalized spacial score (nSPS) is 29.3. The molecule has 0 aromatic rings. The molecular weight excluding hydrogens is 264 g/mol. The van der Waals surface area contributed by atoms with Crippen molar-refractivity contribution in [1.82, 2.24) is 0 Å². The highest BCUT2D eigenvalue weighted by atomic mass is 16.8. The number of rotatable bonds is 6. The summed E-state index contributed by atoms with van der Waals surface area (Å²) in [7, 11) is 4.23. The van der Waals surface area contributed by atoms with Crippen LogP contribution in [-0.4, -0.2) is 50.1 Å². The summed E-state index contributed by atoms with van der Waals surface area (Å²) in [5.41, 5.74) is 0. The minimum atomic E-state index is -1.58. The molecule has 0 aromatic carbocycles. The third-order valence-electron chi connectivity index (χ3n) is 4.18. The van der Waals surface area contributed by atoms with Crippen LogP contribution in [0, 0.1) is 5.92 Å². The summed E-state index contributed by atoms with van der Waals surface area (Å²) in [5.74, 6) is -3.26. The fraction of sp³-hybridized carbons (Fsp3) is 0.929. The molecule has 1 aliphatic rings. The molecule has 0 amide bonds. The van der Waals surface area contributed by atoms with Crippen molar-refractivity contribution in [2.24, 2.45) is 5.92 Å². The molecule has 0 saturated heterocycles. The number of carbonyl (C=O) groups excluding carboxylic acids is 1. The van der Waals surface area contributed by atoms with E-state index in [0.717, 1.165) is 19.3 Å². The lowest BCUT2D eigenvalue weighted by atomic mass is 9.87. The van der Waals surface area contributed by atoms with Gasteiger partial charge in [-0.25, -0.2) is 0 Å². The standard InChI is InChI=1S/C14H26O6/c1-13(16,18-4)14(2,19-5)20-11-8-6-7-10(9-11)12(15)17-3/h10-11,16H,6-9H2,1-5H3/t10?,11-,13?,14?/m0/s1. The van der Waals surface area contributed by atoms with Gasteiger partial charge in [0.15, 0.2) is 0 Å². The van der Waals surface area contributed by atoms with E-state index in [1.54, 1.807) is 6.92 Å². The Kier molecular flexibility index (Phi) is 5.94. The minimum Gasteiger partial charge on any atom is -0.469 e. The highest BCUT2D eigenvalue weighted by Gasteiger charge is 2.48. The van der Waals surface area contributed by atoms with Crippen molar-refractivity contribution >= 4 is 5.97 Å². The van der Waals surface area contributed by atoms with Crippen LogP contribution in [0.5, 0.6) is 0 Å². The van der Waals surface area contributed by atoms with Crippen molar-refractivity contribution in [1.29, 1.82) is 0 Å². The number of carbonyl (C=O) groups is 1. The number of aliphatic hydroxyl groups is 1. The van der Waals surface area contributed by atoms with Crippen molar-refractivity contribution in [3.05, 3.63) is 0 Å². The van der Waals surface area contributed by atoms with Crippen LogP contribution in [0.25, 0.3) is 0 Å². The first-order valence-corrected chi connectivity index (χ1v) is 6.88. The van der Waals surface area contributed by atoms with E-state index in [2.05, 4.69) is 0 Å². The van der Waals surface area contributed by atoms with Crippen LogP contribution in [-0.2, 0) is 23.7 Å². The van der Waals surface area contributed by atoms with E-state index < -0.39 is 11.6 Å². The van der Waals surface area contributed by atoms with Crippen molar-refractivity contribution in [3.63, 3.8) is 0 Å². The van der Waals surface area contributed by atoms with Gasteiger partial charge in [-0.05, 0) is 33.1 Å². The molecule has 0 aromatic heterocycles. The van der Waals surface area contributed by atoms with Crippen molar-refractivity contribution in [2.45, 2.75) is 57.2 Å². The average molecular weight is 290 g/mol. The molecule has 118 valence electrons. The molecule has 0 radical (unpaired) electrons. The zero-order valence-electron chi connectivity index (χ0n) is 13.0. The molecule has 1 fully saturated rings. The Morgan fingerprint density at radius 3 is 2.30 bits per heavy atom. The van der Waals surface area contributed by atoms with Crippen LogP contribution < -0.4 is 0 Å². The predicted octanol–water partition coefficient (Wildman–Crippen LogP) is 1.45. The van der Waals surface area contributed by atoms with Gasteiger partial charge in [0.05, 0.1) is 19.1 Å². The summed E-state index contributed by atoms with van der Waals surface area (Å²) in [6, 6.07) is 0. The molecule has 1 aliphatic carbocycles. The first-order valence-electron chi connectivity index (χ1n) is 6.88. The molecule has 0 spiro atoms. The maximum Gasteiger partial charge on any atom is 0.308 e. The van der Waals surface area contributed by atoms with Crippen LogP contribution >= 0.6 is 0 Å².